The van der Waals surface area contributed by atoms with Crippen molar-refractivity contribution in [2.24, 2.45) is 0 Å². The van der Waals surface area contributed by atoms with E-state index >= 15 is 0 Å². The third kappa shape index (κ3) is 2.20. The minimum absolute atomic E-state index is 0.159. The predicted octanol–water partition coefficient (Wildman–Crippen LogP) is -0.551. The van der Waals surface area contributed by atoms with Crippen molar-refractivity contribution in [2.75, 3.05) is 0 Å². The van der Waals surface area contributed by atoms with E-state index in [0.717, 1.165) is 11.1 Å². The Kier molecular flexibility index (Phi) is 3.21. The fourth-order valence-electron chi connectivity index (χ4n) is 1.90. The van der Waals surface area contributed by atoms with Crippen molar-refractivity contribution >= 4 is 12.2 Å². The summed E-state index contributed by atoms with van der Waals surface area (Å²) in [4.78, 5) is 23.5. The summed E-state index contributed by atoms with van der Waals surface area (Å²) in [5, 5.41) is 18.6. The number of amides is 1. The topological polar surface area (TPSA) is 77.8 Å². The van der Waals surface area contributed by atoms with Crippen LogP contribution in [0.4, 0.5) is 0 Å². The van der Waals surface area contributed by atoms with Crippen molar-refractivity contribution < 1.29 is 19.8 Å². The SMILES string of the molecule is O=C[C@H](O)[C@@H](O)C(=O)N1Cc2ccccc2C1. The van der Waals surface area contributed by atoms with Crippen molar-refractivity contribution in [2.45, 2.75) is 25.3 Å². The van der Waals surface area contributed by atoms with Crippen LogP contribution in [-0.2, 0) is 22.7 Å². The summed E-state index contributed by atoms with van der Waals surface area (Å²) in [6.07, 6.45) is -3.18. The Hall–Kier alpha value is -1.72. The van der Waals surface area contributed by atoms with Crippen LogP contribution in [0.3, 0.4) is 0 Å². The number of aliphatic hydroxyl groups excluding tert-OH is 2. The zero-order valence-electron chi connectivity index (χ0n) is 9.11. The Labute approximate surface area is 98.3 Å². The molecule has 90 valence electrons. The first-order chi connectivity index (χ1) is 8.13. The molecule has 5 nitrogen and oxygen atoms in total. The normalized spacial score (nSPS) is 17.4. The van der Waals surface area contributed by atoms with Gasteiger partial charge in [-0.2, -0.15) is 0 Å². The van der Waals surface area contributed by atoms with E-state index in [1.165, 1.54) is 4.90 Å². The molecule has 1 aromatic carbocycles. The van der Waals surface area contributed by atoms with E-state index in [1.807, 2.05) is 24.3 Å². The summed E-state index contributed by atoms with van der Waals surface area (Å²) >= 11 is 0. The number of nitrogens with zero attached hydrogens (tertiary/aromatic N) is 1. The van der Waals surface area contributed by atoms with Crippen LogP contribution in [0.25, 0.3) is 0 Å². The van der Waals surface area contributed by atoms with Gasteiger partial charge in [-0.3, -0.25) is 4.79 Å². The van der Waals surface area contributed by atoms with Crippen LogP contribution in [0, 0.1) is 0 Å². The monoisotopic (exact) mass is 235 g/mol. The maximum atomic E-state index is 11.8. The average molecular weight is 235 g/mol. The van der Waals surface area contributed by atoms with E-state index in [1.54, 1.807) is 0 Å². The number of hydrogen-bond donors (Lipinski definition) is 2. The van der Waals surface area contributed by atoms with Gasteiger partial charge in [0, 0.05) is 13.1 Å². The number of hydrogen-bond acceptors (Lipinski definition) is 4. The van der Waals surface area contributed by atoms with Crippen molar-refractivity contribution in [1.29, 1.82) is 0 Å². The lowest BCUT2D eigenvalue weighted by atomic mass is 10.1. The largest absolute Gasteiger partial charge is 0.382 e. The number of carbonyl (C=O) groups excluding carboxylic acids is 2. The Balaban J connectivity index is 2.08. The smallest absolute Gasteiger partial charge is 0.255 e. The molecule has 1 amide bonds. The number of fused-ring (bicyclic) bond motifs is 1. The number of rotatable bonds is 3. The quantitative estimate of drug-likeness (QED) is 0.689. The number of aldehydes is 1. The lowest BCUT2D eigenvalue weighted by molar-refractivity contribution is -0.149. The Morgan fingerprint density at radius 2 is 1.76 bits per heavy atom. The number of carbonyl (C=O) groups is 2. The van der Waals surface area contributed by atoms with Crippen molar-refractivity contribution in [3.8, 4) is 0 Å². The summed E-state index contributed by atoms with van der Waals surface area (Å²) in [5.41, 5.74) is 2.04. The second-order valence-corrected chi connectivity index (χ2v) is 4.03. The van der Waals surface area contributed by atoms with Gasteiger partial charge in [-0.1, -0.05) is 24.3 Å². The molecule has 17 heavy (non-hydrogen) atoms. The lowest BCUT2D eigenvalue weighted by Gasteiger charge is -2.20. The third-order valence-corrected chi connectivity index (χ3v) is 2.87. The molecule has 1 aliphatic rings. The Bertz CT molecular complexity index is 421. The van der Waals surface area contributed by atoms with Crippen LogP contribution >= 0.6 is 0 Å². The van der Waals surface area contributed by atoms with Gasteiger partial charge in [0.2, 0.25) is 0 Å². The van der Waals surface area contributed by atoms with Gasteiger partial charge in [0.1, 0.15) is 6.10 Å². The van der Waals surface area contributed by atoms with Gasteiger partial charge in [0.15, 0.2) is 12.4 Å². The highest BCUT2D eigenvalue weighted by Gasteiger charge is 2.31. The fourth-order valence-corrected chi connectivity index (χ4v) is 1.90. The van der Waals surface area contributed by atoms with Crippen LogP contribution in [0.5, 0.6) is 0 Å². The Morgan fingerprint density at radius 1 is 1.24 bits per heavy atom. The number of benzene rings is 1. The lowest BCUT2D eigenvalue weighted by Crippen LogP contribution is -2.43. The molecule has 1 heterocycles. The van der Waals surface area contributed by atoms with E-state index in [2.05, 4.69) is 0 Å². The minimum Gasteiger partial charge on any atom is -0.382 e. The molecular weight excluding hydrogens is 222 g/mol. The summed E-state index contributed by atoms with van der Waals surface area (Å²) in [5.74, 6) is -0.624. The van der Waals surface area contributed by atoms with Crippen LogP contribution in [0.2, 0.25) is 0 Å². The first-order valence-corrected chi connectivity index (χ1v) is 5.30. The van der Waals surface area contributed by atoms with Crippen LogP contribution in [-0.4, -0.2) is 39.5 Å². The van der Waals surface area contributed by atoms with E-state index in [9.17, 15) is 14.7 Å². The van der Waals surface area contributed by atoms with Gasteiger partial charge in [-0.15, -0.1) is 0 Å². The highest BCUT2D eigenvalue weighted by molar-refractivity contribution is 5.85. The van der Waals surface area contributed by atoms with Gasteiger partial charge in [0.05, 0.1) is 0 Å². The molecule has 2 atom stereocenters. The van der Waals surface area contributed by atoms with E-state index in [-0.39, 0.29) is 6.29 Å². The molecule has 0 spiro atoms. The molecule has 0 saturated carbocycles. The molecule has 2 N–H and O–H groups in total. The Morgan fingerprint density at radius 3 is 2.24 bits per heavy atom. The molecule has 0 aromatic heterocycles. The third-order valence-electron chi connectivity index (χ3n) is 2.87. The fraction of sp³-hybridized carbons (Fsp3) is 0.333. The first-order valence-electron chi connectivity index (χ1n) is 5.30. The van der Waals surface area contributed by atoms with E-state index in [0.29, 0.717) is 13.1 Å². The van der Waals surface area contributed by atoms with E-state index in [4.69, 9.17) is 5.11 Å². The highest BCUT2D eigenvalue weighted by Crippen LogP contribution is 2.22. The van der Waals surface area contributed by atoms with Crippen LogP contribution < -0.4 is 0 Å². The van der Waals surface area contributed by atoms with Crippen molar-refractivity contribution in [1.82, 2.24) is 4.90 Å². The molecule has 2 rings (SSSR count). The summed E-state index contributed by atoms with van der Waals surface area (Å²) < 4.78 is 0. The molecule has 1 aliphatic heterocycles. The molecule has 0 radical (unpaired) electrons. The van der Waals surface area contributed by atoms with Crippen molar-refractivity contribution in [3.63, 3.8) is 0 Å². The summed E-state index contributed by atoms with van der Waals surface area (Å²) in [6, 6.07) is 7.57. The molecule has 1 aromatic rings. The van der Waals surface area contributed by atoms with Gasteiger partial charge in [-0.25, -0.2) is 0 Å². The molecule has 5 heteroatoms. The standard InChI is InChI=1S/C12H13NO4/c14-7-10(15)11(16)12(17)13-5-8-3-1-2-4-9(8)6-13/h1-4,7,10-11,15-16H,5-6H2/t10-,11+/m0/s1. The van der Waals surface area contributed by atoms with Gasteiger partial charge in [0.25, 0.3) is 5.91 Å². The second kappa shape index (κ2) is 4.65. The molecule has 0 bridgehead atoms. The van der Waals surface area contributed by atoms with E-state index < -0.39 is 18.1 Å². The molecule has 0 unspecified atom stereocenters. The summed E-state index contributed by atoms with van der Waals surface area (Å²) in [6.45, 7) is 0.801. The molecule has 0 saturated heterocycles. The zero-order valence-corrected chi connectivity index (χ0v) is 9.11. The van der Waals surface area contributed by atoms with Crippen LogP contribution in [0.1, 0.15) is 11.1 Å². The predicted molar refractivity (Wildman–Crippen MR) is 58.8 cm³/mol. The average Bonchev–Trinajstić information content (AvgIpc) is 2.79. The molecule has 0 aliphatic carbocycles. The molecule has 0 fully saturated rings. The number of aliphatic hydroxyl groups is 2. The zero-order chi connectivity index (χ0) is 12.4. The van der Waals surface area contributed by atoms with Gasteiger partial charge in [-0.05, 0) is 11.1 Å². The second-order valence-electron chi connectivity index (χ2n) is 4.03. The maximum absolute atomic E-state index is 11.8. The van der Waals surface area contributed by atoms with Crippen molar-refractivity contribution in [3.05, 3.63) is 35.4 Å². The van der Waals surface area contributed by atoms with Gasteiger partial charge < -0.3 is 19.9 Å². The highest BCUT2D eigenvalue weighted by atomic mass is 16.3. The minimum atomic E-state index is -1.68. The van der Waals surface area contributed by atoms with Crippen LogP contribution in [0.15, 0.2) is 24.3 Å². The molecular formula is C12H13NO4. The summed E-state index contributed by atoms with van der Waals surface area (Å²) in [7, 11) is 0. The maximum Gasteiger partial charge on any atom is 0.255 e. The van der Waals surface area contributed by atoms with Gasteiger partial charge >= 0.3 is 0 Å². The first kappa shape index (κ1) is 11.8.